The minimum absolute atomic E-state index is 0. The van der Waals surface area contributed by atoms with E-state index in [0.717, 1.165) is 16.7 Å². The zero-order valence-electron chi connectivity index (χ0n) is 20.3. The van der Waals surface area contributed by atoms with E-state index in [-0.39, 0.29) is 38.0 Å². The molecule has 6 heteroatoms. The van der Waals surface area contributed by atoms with Gasteiger partial charge in [-0.1, -0.05) is 114 Å². The van der Waals surface area contributed by atoms with E-state index in [2.05, 4.69) is 11.7 Å². The van der Waals surface area contributed by atoms with Crippen LogP contribution in [0.4, 0.5) is 4.39 Å². The Kier molecular flexibility index (Phi) is 10.2. The first kappa shape index (κ1) is 27.9. The molecule has 4 nitrogen and oxygen atoms in total. The summed E-state index contributed by atoms with van der Waals surface area (Å²) in [5.41, 5.74) is 2.25. The van der Waals surface area contributed by atoms with Crippen molar-refractivity contribution in [2.75, 3.05) is 13.2 Å². The molecule has 190 valence electrons. The zero-order chi connectivity index (χ0) is 25.2. The number of nitrogens with zero attached hydrogens (tertiary/aromatic N) is 1. The quantitative estimate of drug-likeness (QED) is 0.0795. The number of halogens is 1. The highest BCUT2D eigenvalue weighted by molar-refractivity contribution is 7.59. The van der Waals surface area contributed by atoms with E-state index in [0.29, 0.717) is 0 Å². The Balaban J connectivity index is 0.00000380. The maximum absolute atomic E-state index is 14.2. The van der Waals surface area contributed by atoms with E-state index in [4.69, 9.17) is 9.47 Å². The summed E-state index contributed by atoms with van der Waals surface area (Å²) in [7, 11) is 0. The molecule has 0 amide bonds. The van der Waals surface area contributed by atoms with Gasteiger partial charge in [-0.05, 0) is 28.8 Å². The van der Waals surface area contributed by atoms with Crippen LogP contribution in [0, 0.1) is 5.82 Å². The predicted molar refractivity (Wildman–Crippen MR) is 150 cm³/mol. The first-order chi connectivity index (χ1) is 17.7. The first-order valence-electron chi connectivity index (χ1n) is 11.7. The minimum Gasteiger partial charge on any atom is -0.411 e. The van der Waals surface area contributed by atoms with Crippen LogP contribution < -0.4 is 0 Å². The highest BCUT2D eigenvalue weighted by Gasteiger charge is 2.38. The van der Waals surface area contributed by atoms with Crippen molar-refractivity contribution in [1.82, 2.24) is 0 Å². The molecule has 0 spiro atoms. The summed E-state index contributed by atoms with van der Waals surface area (Å²) < 4.78 is 26.9. The molecule has 0 heterocycles. The molecule has 0 fully saturated rings. The summed E-state index contributed by atoms with van der Waals surface area (Å²) in [5, 5.41) is 12.7. The molecule has 4 rings (SSSR count). The highest BCUT2D eigenvalue weighted by atomic mass is 32.1. The van der Waals surface area contributed by atoms with E-state index >= 15 is 0 Å². The van der Waals surface area contributed by atoms with Gasteiger partial charge < -0.3 is 14.7 Å². The molecule has 0 aliphatic carbocycles. The molecule has 4 aromatic carbocycles. The van der Waals surface area contributed by atoms with Crippen LogP contribution in [0.3, 0.4) is 0 Å². The summed E-state index contributed by atoms with van der Waals surface area (Å²) in [4.78, 5) is 0. The second-order valence-electron chi connectivity index (χ2n) is 8.20. The predicted octanol–water partition coefficient (Wildman–Crippen LogP) is 6.70. The summed E-state index contributed by atoms with van der Waals surface area (Å²) in [5.74, 6) is -0.489. The van der Waals surface area contributed by atoms with Crippen molar-refractivity contribution in [2.45, 2.75) is 11.7 Å². The molecule has 0 saturated carbocycles. The molecular formula is C31H30FNO3S. The molecule has 0 saturated heterocycles. The van der Waals surface area contributed by atoms with E-state index < -0.39 is 17.5 Å². The lowest BCUT2D eigenvalue weighted by atomic mass is 9.80. The van der Waals surface area contributed by atoms with E-state index in [1.54, 1.807) is 24.3 Å². The number of hydrogen-bond donors (Lipinski definition) is 1. The van der Waals surface area contributed by atoms with Crippen molar-refractivity contribution in [3.05, 3.63) is 156 Å². The van der Waals surface area contributed by atoms with Gasteiger partial charge in [-0.15, -0.1) is 6.58 Å². The van der Waals surface area contributed by atoms with Gasteiger partial charge in [0, 0.05) is 5.56 Å². The Hall–Kier alpha value is -3.71. The van der Waals surface area contributed by atoms with Crippen LogP contribution in [-0.2, 0) is 15.1 Å². The number of hydrogen-bond acceptors (Lipinski definition) is 4. The van der Waals surface area contributed by atoms with Gasteiger partial charge in [0.25, 0.3) is 0 Å². The van der Waals surface area contributed by atoms with Crippen molar-refractivity contribution >= 4 is 19.2 Å². The standard InChI is InChI=1S/C31H28FNO3.H2S/c1-2-27(35-23-30(33-34)28-20-12-13-21-29(28)32)22-36-31(24-14-6-3-7-15-24,25-16-8-4-9-17-25)26-18-10-5-11-19-26;/h2-21,27,34H,1,22-23H2;1H2/b33-30-;/t27-;/m0./s1. The van der Waals surface area contributed by atoms with Crippen LogP contribution in [0.2, 0.25) is 0 Å². The average molecular weight is 516 g/mol. The average Bonchev–Trinajstić information content (AvgIpc) is 2.95. The maximum atomic E-state index is 14.2. The topological polar surface area (TPSA) is 51.0 Å². The van der Waals surface area contributed by atoms with Crippen molar-refractivity contribution < 1.29 is 19.1 Å². The minimum atomic E-state index is -0.909. The maximum Gasteiger partial charge on any atom is 0.143 e. The molecule has 1 atom stereocenters. The lowest BCUT2D eigenvalue weighted by molar-refractivity contribution is -0.0413. The third kappa shape index (κ3) is 6.35. The van der Waals surface area contributed by atoms with Gasteiger partial charge in [-0.2, -0.15) is 13.5 Å². The Morgan fingerprint density at radius 1 is 0.811 bits per heavy atom. The van der Waals surface area contributed by atoms with Gasteiger partial charge in [0.1, 0.15) is 17.1 Å². The van der Waals surface area contributed by atoms with Crippen molar-refractivity contribution in [3.8, 4) is 0 Å². The lowest BCUT2D eigenvalue weighted by Gasteiger charge is -2.36. The molecule has 0 aromatic heterocycles. The third-order valence-electron chi connectivity index (χ3n) is 6.01. The Morgan fingerprint density at radius 2 is 1.27 bits per heavy atom. The van der Waals surface area contributed by atoms with Crippen LogP contribution in [0.15, 0.2) is 133 Å². The van der Waals surface area contributed by atoms with Crippen LogP contribution in [-0.4, -0.2) is 30.2 Å². The van der Waals surface area contributed by atoms with Crippen LogP contribution >= 0.6 is 13.5 Å². The van der Waals surface area contributed by atoms with Crippen molar-refractivity contribution in [1.29, 1.82) is 0 Å². The van der Waals surface area contributed by atoms with E-state index in [1.165, 1.54) is 6.07 Å². The molecule has 0 aliphatic heterocycles. The van der Waals surface area contributed by atoms with Crippen molar-refractivity contribution in [3.63, 3.8) is 0 Å². The second-order valence-corrected chi connectivity index (χ2v) is 8.20. The molecule has 0 radical (unpaired) electrons. The van der Waals surface area contributed by atoms with Gasteiger partial charge in [0.05, 0.1) is 19.3 Å². The third-order valence-corrected chi connectivity index (χ3v) is 6.01. The fourth-order valence-corrected chi connectivity index (χ4v) is 4.20. The van der Waals surface area contributed by atoms with E-state index in [9.17, 15) is 9.60 Å². The van der Waals surface area contributed by atoms with Crippen LogP contribution in [0.5, 0.6) is 0 Å². The summed E-state index contributed by atoms with van der Waals surface area (Å²) in [6.07, 6.45) is 1.08. The van der Waals surface area contributed by atoms with Gasteiger partial charge in [0.15, 0.2) is 0 Å². The molecule has 4 aromatic rings. The molecule has 0 aliphatic rings. The Bertz CT molecular complexity index is 1190. The molecular weight excluding hydrogens is 485 g/mol. The second kappa shape index (κ2) is 13.6. The molecule has 0 bridgehead atoms. The van der Waals surface area contributed by atoms with Crippen LogP contribution in [0.25, 0.3) is 0 Å². The molecule has 37 heavy (non-hydrogen) atoms. The fraction of sp³-hybridized carbons (Fsp3) is 0.129. The summed E-state index contributed by atoms with van der Waals surface area (Å²) in [6.45, 7) is 3.92. The van der Waals surface area contributed by atoms with Crippen LogP contribution in [0.1, 0.15) is 22.3 Å². The molecule has 1 N–H and O–H groups in total. The van der Waals surface area contributed by atoms with Gasteiger partial charge in [-0.25, -0.2) is 4.39 Å². The number of rotatable bonds is 11. The largest absolute Gasteiger partial charge is 0.411 e. The first-order valence-corrected chi connectivity index (χ1v) is 11.7. The fourth-order valence-electron chi connectivity index (χ4n) is 4.20. The monoisotopic (exact) mass is 515 g/mol. The number of oxime groups is 1. The van der Waals surface area contributed by atoms with Gasteiger partial charge >= 0.3 is 0 Å². The number of ether oxygens (including phenoxy) is 2. The SMILES string of the molecule is C=C[C@@H](COC(c1ccccc1)(c1ccccc1)c1ccccc1)OC/C(=N/O)c1ccccc1F.S. The summed E-state index contributed by atoms with van der Waals surface area (Å²) in [6, 6.07) is 36.2. The number of benzene rings is 4. The van der Waals surface area contributed by atoms with Gasteiger partial charge in [-0.3, -0.25) is 0 Å². The smallest absolute Gasteiger partial charge is 0.143 e. The summed E-state index contributed by atoms with van der Waals surface area (Å²) >= 11 is 0. The Labute approximate surface area is 224 Å². The Morgan fingerprint density at radius 3 is 1.70 bits per heavy atom. The van der Waals surface area contributed by atoms with E-state index in [1.807, 2.05) is 91.0 Å². The van der Waals surface area contributed by atoms with Crippen molar-refractivity contribution in [2.24, 2.45) is 5.16 Å². The highest BCUT2D eigenvalue weighted by Crippen LogP contribution is 2.40. The normalized spacial score (nSPS) is 12.4. The van der Waals surface area contributed by atoms with Gasteiger partial charge in [0.2, 0.25) is 0 Å². The molecule has 0 unspecified atom stereocenters. The zero-order valence-corrected chi connectivity index (χ0v) is 21.3. The lowest BCUT2D eigenvalue weighted by Crippen LogP contribution is -2.36.